The smallest absolute Gasteiger partial charge is 0.289 e. The van der Waals surface area contributed by atoms with Crippen molar-refractivity contribution < 1.29 is 18.7 Å². The van der Waals surface area contributed by atoms with E-state index >= 15 is 0 Å². The maximum Gasteiger partial charge on any atom is 0.289 e. The molecule has 1 atom stereocenters. The number of amides is 2. The van der Waals surface area contributed by atoms with Gasteiger partial charge in [0.1, 0.15) is 36.4 Å². The molecule has 11 nitrogen and oxygen atoms in total. The second kappa shape index (κ2) is 10.5. The summed E-state index contributed by atoms with van der Waals surface area (Å²) in [7, 11) is 1.65. The van der Waals surface area contributed by atoms with Crippen molar-refractivity contribution in [3.05, 3.63) is 83.6 Å². The van der Waals surface area contributed by atoms with Gasteiger partial charge in [0.2, 0.25) is 5.82 Å². The fraction of sp³-hybridized carbons (Fsp3) is 0.286. The minimum Gasteiger partial charge on any atom is -0.489 e. The molecule has 0 saturated heterocycles. The van der Waals surface area contributed by atoms with Gasteiger partial charge >= 0.3 is 0 Å². The van der Waals surface area contributed by atoms with Gasteiger partial charge in [0.15, 0.2) is 0 Å². The maximum absolute atomic E-state index is 14.4. The van der Waals surface area contributed by atoms with Crippen molar-refractivity contribution in [2.24, 2.45) is 0 Å². The number of likely N-dealkylation sites (N-methyl/N-ethyl adjacent to an activating group) is 1. The number of halogens is 1. The Balaban J connectivity index is 1.17. The number of carbonyl (C=O) groups is 2. The topological polar surface area (TPSA) is 118 Å². The van der Waals surface area contributed by atoms with Crippen LogP contribution in [0.4, 0.5) is 10.1 Å². The molecule has 1 N–H and O–H groups in total. The highest BCUT2D eigenvalue weighted by Crippen LogP contribution is 2.32. The van der Waals surface area contributed by atoms with Crippen LogP contribution in [0.2, 0.25) is 0 Å². The highest BCUT2D eigenvalue weighted by Gasteiger charge is 2.32. The van der Waals surface area contributed by atoms with Crippen LogP contribution in [0, 0.1) is 12.7 Å². The number of nitrogens with zero attached hydrogens (tertiary/aromatic N) is 7. The van der Waals surface area contributed by atoms with Crippen LogP contribution in [-0.4, -0.2) is 67.7 Å². The summed E-state index contributed by atoms with van der Waals surface area (Å²) in [5.74, 6) is -0.141. The first-order chi connectivity index (χ1) is 19.4. The Bertz CT molecular complexity index is 1610. The fourth-order valence-electron chi connectivity index (χ4n) is 4.95. The number of carbonyl (C=O) groups excluding carboxylic acids is 2. The van der Waals surface area contributed by atoms with Crippen molar-refractivity contribution >= 4 is 17.5 Å². The zero-order chi connectivity index (χ0) is 27.8. The molecule has 2 aromatic heterocycles. The molecule has 40 heavy (non-hydrogen) atoms. The van der Waals surface area contributed by atoms with Gasteiger partial charge in [0.05, 0.1) is 24.5 Å². The molecule has 0 bridgehead atoms. The molecule has 204 valence electrons. The molecule has 2 aliphatic heterocycles. The Kier molecular flexibility index (Phi) is 6.68. The van der Waals surface area contributed by atoms with Crippen molar-refractivity contribution in [2.45, 2.75) is 32.6 Å². The second-order valence-corrected chi connectivity index (χ2v) is 9.85. The summed E-state index contributed by atoms with van der Waals surface area (Å²) in [5.41, 5.74) is 2.84. The minimum absolute atomic E-state index is 0.0604. The van der Waals surface area contributed by atoms with Crippen LogP contribution in [0.3, 0.4) is 0 Å². The highest BCUT2D eigenvalue weighted by atomic mass is 19.1. The number of benzene rings is 2. The van der Waals surface area contributed by atoms with Crippen molar-refractivity contribution in [3.8, 4) is 17.0 Å². The van der Waals surface area contributed by atoms with Crippen molar-refractivity contribution in [3.63, 3.8) is 0 Å². The summed E-state index contributed by atoms with van der Waals surface area (Å²) in [4.78, 5) is 43.0. The molecule has 4 heterocycles. The van der Waals surface area contributed by atoms with E-state index in [0.29, 0.717) is 35.8 Å². The molecule has 0 radical (unpaired) electrons. The van der Waals surface area contributed by atoms with E-state index in [2.05, 4.69) is 30.3 Å². The van der Waals surface area contributed by atoms with E-state index in [-0.39, 0.29) is 23.9 Å². The number of nitrogens with one attached hydrogen (secondary N) is 1. The van der Waals surface area contributed by atoms with Gasteiger partial charge in [-0.2, -0.15) is 5.10 Å². The molecule has 4 aromatic rings. The third-order valence-electron chi connectivity index (χ3n) is 7.12. The lowest BCUT2D eigenvalue weighted by Crippen LogP contribution is -2.49. The van der Waals surface area contributed by atoms with Gasteiger partial charge in [0, 0.05) is 31.9 Å². The molecule has 0 unspecified atom stereocenters. The lowest BCUT2D eigenvalue weighted by molar-refractivity contribution is -0.120. The standard InChI is InChI=1S/C28H27FN8O3/c1-17-12-30-26(34-25(17)19-5-3-4-6-20(19)29)27(38)33-21-15-40-23-8-7-18(11-22(23)35(2)28(21)39)13-36-9-10-37-24(14-36)31-16-32-37/h3-8,11-12,16,21H,9-10,13-15H2,1-2H3,(H,33,38)/t21-/m0/s1. The van der Waals surface area contributed by atoms with Crippen LogP contribution in [0.1, 0.15) is 27.6 Å². The van der Waals surface area contributed by atoms with Gasteiger partial charge in [-0.05, 0) is 42.3 Å². The molecule has 0 aliphatic carbocycles. The first-order valence-corrected chi connectivity index (χ1v) is 12.9. The first-order valence-electron chi connectivity index (χ1n) is 12.9. The highest BCUT2D eigenvalue weighted by molar-refractivity contribution is 6.02. The molecule has 2 amide bonds. The number of fused-ring (bicyclic) bond motifs is 2. The summed E-state index contributed by atoms with van der Waals surface area (Å²) in [6, 6.07) is 11.0. The third-order valence-corrected chi connectivity index (χ3v) is 7.12. The van der Waals surface area contributed by atoms with Gasteiger partial charge < -0.3 is 15.0 Å². The van der Waals surface area contributed by atoms with Gasteiger partial charge in [-0.25, -0.2) is 24.0 Å². The molecule has 0 fully saturated rings. The molecule has 2 aromatic carbocycles. The normalized spacial score (nSPS) is 17.0. The van der Waals surface area contributed by atoms with E-state index in [9.17, 15) is 14.0 Å². The Hall–Kier alpha value is -4.71. The zero-order valence-electron chi connectivity index (χ0n) is 22.0. The number of ether oxygens (including phenoxy) is 1. The predicted molar refractivity (Wildman–Crippen MR) is 143 cm³/mol. The van der Waals surface area contributed by atoms with Crippen molar-refractivity contribution in [1.82, 2.24) is 34.9 Å². The SMILES string of the molecule is Cc1cnc(C(=O)N[C@H]2COc3ccc(CN4CCn5ncnc5C4)cc3N(C)C2=O)nc1-c1ccccc1F. The van der Waals surface area contributed by atoms with Gasteiger partial charge in [-0.15, -0.1) is 0 Å². The Morgan fingerprint density at radius 2 is 2.02 bits per heavy atom. The van der Waals surface area contributed by atoms with Crippen LogP contribution >= 0.6 is 0 Å². The quantitative estimate of drug-likeness (QED) is 0.408. The van der Waals surface area contributed by atoms with Crippen LogP contribution in [0.5, 0.6) is 5.75 Å². The first kappa shape index (κ1) is 25.6. The van der Waals surface area contributed by atoms with Crippen molar-refractivity contribution in [1.29, 1.82) is 0 Å². The molecule has 12 heteroatoms. The maximum atomic E-state index is 14.4. The van der Waals surface area contributed by atoms with Crippen LogP contribution < -0.4 is 15.0 Å². The van der Waals surface area contributed by atoms with E-state index in [1.165, 1.54) is 17.2 Å². The van der Waals surface area contributed by atoms with Gasteiger partial charge in [-0.1, -0.05) is 18.2 Å². The monoisotopic (exact) mass is 542 g/mol. The molecule has 0 spiro atoms. The predicted octanol–water partition coefficient (Wildman–Crippen LogP) is 2.35. The Morgan fingerprint density at radius 3 is 2.88 bits per heavy atom. The number of hydrogen-bond acceptors (Lipinski definition) is 8. The Labute approximate surface area is 229 Å². The van der Waals surface area contributed by atoms with Crippen LogP contribution in [-0.2, 0) is 24.4 Å². The van der Waals surface area contributed by atoms with Gasteiger partial charge in [-0.3, -0.25) is 14.5 Å². The lowest BCUT2D eigenvalue weighted by atomic mass is 10.1. The number of anilines is 1. The zero-order valence-corrected chi connectivity index (χ0v) is 22.0. The van der Waals surface area contributed by atoms with E-state index in [1.54, 1.807) is 38.5 Å². The van der Waals surface area contributed by atoms with E-state index < -0.39 is 17.8 Å². The van der Waals surface area contributed by atoms with E-state index in [4.69, 9.17) is 4.74 Å². The average molecular weight is 543 g/mol. The van der Waals surface area contributed by atoms with Gasteiger partial charge in [0.25, 0.3) is 11.8 Å². The van der Waals surface area contributed by atoms with E-state index in [0.717, 1.165) is 24.5 Å². The molecular weight excluding hydrogens is 515 g/mol. The fourth-order valence-corrected chi connectivity index (χ4v) is 4.95. The lowest BCUT2D eigenvalue weighted by Gasteiger charge is -2.27. The summed E-state index contributed by atoms with van der Waals surface area (Å²) in [6.07, 6.45) is 3.03. The van der Waals surface area contributed by atoms with Crippen LogP contribution in [0.25, 0.3) is 11.3 Å². The van der Waals surface area contributed by atoms with Crippen LogP contribution in [0.15, 0.2) is 55.0 Å². The van der Waals surface area contributed by atoms with E-state index in [1.807, 2.05) is 22.9 Å². The number of hydrogen-bond donors (Lipinski definition) is 1. The minimum atomic E-state index is -0.969. The molecule has 2 aliphatic rings. The summed E-state index contributed by atoms with van der Waals surface area (Å²) >= 11 is 0. The average Bonchev–Trinajstić information content (AvgIpc) is 3.39. The molecular formula is C28H27FN8O3. The number of aryl methyl sites for hydroxylation is 1. The summed E-state index contributed by atoms with van der Waals surface area (Å²) < 4.78 is 22.3. The third kappa shape index (κ3) is 4.89. The molecule has 0 saturated carbocycles. The second-order valence-electron chi connectivity index (χ2n) is 9.85. The number of aromatic nitrogens is 5. The summed E-state index contributed by atoms with van der Waals surface area (Å²) in [6.45, 7) is 4.66. The van der Waals surface area contributed by atoms with Crippen molar-refractivity contribution in [2.75, 3.05) is 25.1 Å². The Morgan fingerprint density at radius 1 is 1.18 bits per heavy atom. The summed E-state index contributed by atoms with van der Waals surface area (Å²) in [5, 5.41) is 6.91. The largest absolute Gasteiger partial charge is 0.489 e. The number of rotatable bonds is 5. The molecule has 6 rings (SSSR count).